The highest BCUT2D eigenvalue weighted by Gasteiger charge is 2.21. The van der Waals surface area contributed by atoms with Crippen LogP contribution in [0.15, 0.2) is 51.2 Å². The fourth-order valence-electron chi connectivity index (χ4n) is 3.24. The van der Waals surface area contributed by atoms with Crippen LogP contribution in [0.1, 0.15) is 11.3 Å². The van der Waals surface area contributed by atoms with Gasteiger partial charge in [-0.1, -0.05) is 28.1 Å². The lowest BCUT2D eigenvalue weighted by Gasteiger charge is -2.34. The van der Waals surface area contributed by atoms with E-state index in [4.69, 9.17) is 0 Å². The van der Waals surface area contributed by atoms with Crippen molar-refractivity contribution in [1.29, 1.82) is 0 Å². The zero-order chi connectivity index (χ0) is 18.8. The second-order valence-corrected chi connectivity index (χ2v) is 8.39. The number of fused-ring (bicyclic) bond motifs is 1. The van der Waals surface area contributed by atoms with E-state index >= 15 is 0 Å². The van der Waals surface area contributed by atoms with Gasteiger partial charge in [0.15, 0.2) is 4.96 Å². The number of piperazine rings is 1. The zero-order valence-corrected chi connectivity index (χ0v) is 17.1. The summed E-state index contributed by atoms with van der Waals surface area (Å²) in [6, 6.07) is 9.47. The molecule has 0 aliphatic carbocycles. The molecule has 140 valence electrons. The number of rotatable bonds is 4. The molecule has 1 fully saturated rings. The molecule has 1 amide bonds. The maximum atomic E-state index is 12.5. The van der Waals surface area contributed by atoms with E-state index in [1.165, 1.54) is 11.3 Å². The first-order chi connectivity index (χ1) is 13.1. The molecule has 0 saturated carbocycles. The third kappa shape index (κ3) is 4.28. The van der Waals surface area contributed by atoms with Crippen LogP contribution in [0.5, 0.6) is 0 Å². The van der Waals surface area contributed by atoms with E-state index in [0.29, 0.717) is 26.1 Å². The van der Waals surface area contributed by atoms with E-state index in [1.807, 2.05) is 34.5 Å². The van der Waals surface area contributed by atoms with Crippen LogP contribution in [0.25, 0.3) is 4.96 Å². The Balaban J connectivity index is 1.33. The first-order valence-corrected chi connectivity index (χ1v) is 10.5. The van der Waals surface area contributed by atoms with Crippen molar-refractivity contribution < 1.29 is 4.79 Å². The number of hydrogen-bond acceptors (Lipinski definition) is 5. The lowest BCUT2D eigenvalue weighted by Crippen LogP contribution is -2.48. The molecule has 3 aromatic rings. The molecule has 3 heterocycles. The third-order valence-electron chi connectivity index (χ3n) is 4.74. The fraction of sp³-hybridized carbons (Fsp3) is 0.316. The Morgan fingerprint density at radius 3 is 2.63 bits per heavy atom. The molecule has 2 aromatic heterocycles. The SMILES string of the molecule is O=C(Cc1ccc(Br)cc1)N1CCN(Cc2cc(=O)n3ccsc3n2)CC1. The fourth-order valence-corrected chi connectivity index (χ4v) is 4.24. The van der Waals surface area contributed by atoms with E-state index in [0.717, 1.165) is 33.8 Å². The summed E-state index contributed by atoms with van der Waals surface area (Å²) in [5.74, 6) is 0.161. The van der Waals surface area contributed by atoms with Crippen molar-refractivity contribution in [3.05, 3.63) is 68.0 Å². The standard InChI is InChI=1S/C19H19BrN4O2S/c20-15-3-1-14(2-4-15)11-17(25)23-7-5-22(6-8-23)13-16-12-18(26)24-9-10-27-19(24)21-16/h1-4,9-10,12H,5-8,11,13H2. The monoisotopic (exact) mass is 446 g/mol. The minimum absolute atomic E-state index is 0.0421. The quantitative estimate of drug-likeness (QED) is 0.617. The van der Waals surface area contributed by atoms with Gasteiger partial charge in [-0.05, 0) is 17.7 Å². The van der Waals surface area contributed by atoms with Gasteiger partial charge in [0.05, 0.1) is 12.1 Å². The van der Waals surface area contributed by atoms with Crippen LogP contribution in [-0.4, -0.2) is 51.3 Å². The Hall–Kier alpha value is -2.03. The van der Waals surface area contributed by atoms with Gasteiger partial charge in [0.1, 0.15) is 0 Å². The Morgan fingerprint density at radius 1 is 1.15 bits per heavy atom. The summed E-state index contributed by atoms with van der Waals surface area (Å²) in [4.78, 5) is 34.1. The van der Waals surface area contributed by atoms with Gasteiger partial charge in [-0.15, -0.1) is 11.3 Å². The van der Waals surface area contributed by atoms with Crippen LogP contribution < -0.4 is 5.56 Å². The summed E-state index contributed by atoms with van der Waals surface area (Å²) in [7, 11) is 0. The molecule has 1 aliphatic heterocycles. The lowest BCUT2D eigenvalue weighted by atomic mass is 10.1. The topological polar surface area (TPSA) is 57.9 Å². The molecule has 0 bridgehead atoms. The van der Waals surface area contributed by atoms with Gasteiger partial charge in [0, 0.05) is 54.8 Å². The molecule has 6 nitrogen and oxygen atoms in total. The minimum atomic E-state index is -0.0421. The molecule has 0 radical (unpaired) electrons. The number of aromatic nitrogens is 2. The zero-order valence-electron chi connectivity index (χ0n) is 14.7. The van der Waals surface area contributed by atoms with Gasteiger partial charge in [-0.2, -0.15) is 0 Å². The number of benzene rings is 1. The van der Waals surface area contributed by atoms with E-state index in [1.54, 1.807) is 16.7 Å². The number of hydrogen-bond donors (Lipinski definition) is 0. The summed E-state index contributed by atoms with van der Waals surface area (Å²) < 4.78 is 2.58. The lowest BCUT2D eigenvalue weighted by molar-refractivity contribution is -0.132. The van der Waals surface area contributed by atoms with Crippen LogP contribution in [0.3, 0.4) is 0 Å². The largest absolute Gasteiger partial charge is 0.340 e. The van der Waals surface area contributed by atoms with Crippen LogP contribution in [0.4, 0.5) is 0 Å². The van der Waals surface area contributed by atoms with Crippen LogP contribution >= 0.6 is 27.3 Å². The van der Waals surface area contributed by atoms with E-state index in [-0.39, 0.29) is 11.5 Å². The van der Waals surface area contributed by atoms with Gasteiger partial charge < -0.3 is 4.90 Å². The van der Waals surface area contributed by atoms with Gasteiger partial charge in [-0.25, -0.2) is 4.98 Å². The predicted molar refractivity (Wildman–Crippen MR) is 109 cm³/mol. The molecule has 4 rings (SSSR count). The Bertz CT molecular complexity index is 1010. The molecule has 27 heavy (non-hydrogen) atoms. The highest BCUT2D eigenvalue weighted by Crippen LogP contribution is 2.13. The molecule has 0 N–H and O–H groups in total. The molecule has 1 aliphatic rings. The van der Waals surface area contributed by atoms with Crippen molar-refractivity contribution in [3.63, 3.8) is 0 Å². The van der Waals surface area contributed by atoms with Crippen molar-refractivity contribution in [2.45, 2.75) is 13.0 Å². The maximum absolute atomic E-state index is 12.5. The average molecular weight is 447 g/mol. The average Bonchev–Trinajstić information content (AvgIpc) is 3.13. The summed E-state index contributed by atoms with van der Waals surface area (Å²) >= 11 is 4.87. The first-order valence-electron chi connectivity index (χ1n) is 8.79. The van der Waals surface area contributed by atoms with E-state index in [2.05, 4.69) is 25.8 Å². The molecule has 0 spiro atoms. The number of thiazole rings is 1. The molecular formula is C19H19BrN4O2S. The van der Waals surface area contributed by atoms with Gasteiger partial charge in [0.2, 0.25) is 5.91 Å². The van der Waals surface area contributed by atoms with Gasteiger partial charge in [-0.3, -0.25) is 18.9 Å². The summed E-state index contributed by atoms with van der Waals surface area (Å²) in [5.41, 5.74) is 1.77. The minimum Gasteiger partial charge on any atom is -0.340 e. The van der Waals surface area contributed by atoms with Gasteiger partial charge in [0.25, 0.3) is 5.56 Å². The Morgan fingerprint density at radius 2 is 1.89 bits per heavy atom. The van der Waals surface area contributed by atoms with Crippen molar-refractivity contribution in [3.8, 4) is 0 Å². The normalized spacial score (nSPS) is 15.4. The van der Waals surface area contributed by atoms with E-state index < -0.39 is 0 Å². The first kappa shape index (κ1) is 18.3. The van der Waals surface area contributed by atoms with Crippen molar-refractivity contribution in [1.82, 2.24) is 19.2 Å². The van der Waals surface area contributed by atoms with Gasteiger partial charge >= 0.3 is 0 Å². The maximum Gasteiger partial charge on any atom is 0.258 e. The third-order valence-corrected chi connectivity index (χ3v) is 6.02. The Kier molecular flexibility index (Phi) is 5.38. The molecule has 0 unspecified atom stereocenters. The van der Waals surface area contributed by atoms with Crippen molar-refractivity contribution in [2.75, 3.05) is 26.2 Å². The number of nitrogens with zero attached hydrogens (tertiary/aromatic N) is 4. The van der Waals surface area contributed by atoms with Crippen molar-refractivity contribution >= 4 is 38.1 Å². The molecule has 1 saturated heterocycles. The second-order valence-electron chi connectivity index (χ2n) is 6.60. The summed E-state index contributed by atoms with van der Waals surface area (Å²) in [6.07, 6.45) is 2.18. The molecule has 8 heteroatoms. The smallest absolute Gasteiger partial charge is 0.258 e. The van der Waals surface area contributed by atoms with E-state index in [9.17, 15) is 9.59 Å². The summed E-state index contributed by atoms with van der Waals surface area (Å²) in [6.45, 7) is 3.62. The number of carbonyl (C=O) groups is 1. The number of carbonyl (C=O) groups excluding carboxylic acids is 1. The molecular weight excluding hydrogens is 428 g/mol. The highest BCUT2D eigenvalue weighted by atomic mass is 79.9. The number of halogens is 1. The Labute approximate surface area is 169 Å². The van der Waals surface area contributed by atoms with Crippen LogP contribution in [-0.2, 0) is 17.8 Å². The second kappa shape index (κ2) is 7.92. The number of amides is 1. The molecule has 0 atom stereocenters. The van der Waals surface area contributed by atoms with Crippen LogP contribution in [0.2, 0.25) is 0 Å². The van der Waals surface area contributed by atoms with Crippen LogP contribution in [0, 0.1) is 0 Å². The van der Waals surface area contributed by atoms with Crippen molar-refractivity contribution in [2.24, 2.45) is 0 Å². The predicted octanol–water partition coefficient (Wildman–Crippen LogP) is 2.41. The summed E-state index contributed by atoms with van der Waals surface area (Å²) in [5, 5.41) is 1.86. The molecule has 1 aromatic carbocycles. The highest BCUT2D eigenvalue weighted by molar-refractivity contribution is 9.10.